The number of hydrogen-bond acceptors (Lipinski definition) is 3. The van der Waals surface area contributed by atoms with Gasteiger partial charge in [-0.25, -0.2) is 8.42 Å². The summed E-state index contributed by atoms with van der Waals surface area (Å²) >= 11 is 11.9. The minimum atomic E-state index is -3.59. The Morgan fingerprint density at radius 1 is 1.32 bits per heavy atom. The summed E-state index contributed by atoms with van der Waals surface area (Å²) in [6, 6.07) is 5.18. The van der Waals surface area contributed by atoms with Crippen molar-refractivity contribution in [2.75, 3.05) is 13.2 Å². The second kappa shape index (κ2) is 6.19. The van der Waals surface area contributed by atoms with Crippen LogP contribution in [0.1, 0.15) is 12.0 Å². The molecule has 1 aromatic rings. The van der Waals surface area contributed by atoms with Crippen LogP contribution in [-0.2, 0) is 20.2 Å². The van der Waals surface area contributed by atoms with Crippen molar-refractivity contribution in [3.63, 3.8) is 0 Å². The van der Waals surface area contributed by atoms with Crippen molar-refractivity contribution in [1.29, 1.82) is 0 Å². The molecule has 1 heterocycles. The summed E-state index contributed by atoms with van der Waals surface area (Å²) in [6.07, 6.45) is 0.925. The summed E-state index contributed by atoms with van der Waals surface area (Å²) in [5, 5.41) is 0.494. The van der Waals surface area contributed by atoms with E-state index in [9.17, 15) is 8.42 Å². The van der Waals surface area contributed by atoms with Crippen LogP contribution in [0.5, 0.6) is 0 Å². The largest absolute Gasteiger partial charge is 0.381 e. The fourth-order valence-corrected chi connectivity index (χ4v) is 4.51. The smallest absolute Gasteiger partial charge is 0.235 e. The van der Waals surface area contributed by atoms with Crippen LogP contribution >= 0.6 is 33.9 Å². The molecule has 0 bridgehead atoms. The van der Waals surface area contributed by atoms with Crippen LogP contribution < -0.4 is 0 Å². The lowest BCUT2D eigenvalue weighted by molar-refractivity contribution is 0.0577. The van der Waals surface area contributed by atoms with Gasteiger partial charge in [-0.15, -0.1) is 0 Å². The Bertz CT molecular complexity index is 559. The van der Waals surface area contributed by atoms with Gasteiger partial charge in [-0.1, -0.05) is 29.3 Å². The second-order valence-electron chi connectivity index (χ2n) is 4.58. The summed E-state index contributed by atoms with van der Waals surface area (Å²) in [6.45, 7) is 0.789. The zero-order valence-corrected chi connectivity index (χ0v) is 13.1. The zero-order valence-electron chi connectivity index (χ0n) is 9.98. The molecule has 0 saturated carbocycles. The van der Waals surface area contributed by atoms with E-state index in [-0.39, 0.29) is 5.92 Å². The fraction of sp³-hybridized carbons (Fsp3) is 0.500. The van der Waals surface area contributed by atoms with Gasteiger partial charge in [-0.3, -0.25) is 0 Å². The van der Waals surface area contributed by atoms with E-state index in [1.807, 2.05) is 0 Å². The highest BCUT2D eigenvalue weighted by atomic mass is 35.7. The number of hydrogen-bond donors (Lipinski definition) is 0. The number of halogens is 3. The SMILES string of the molecule is O=S(=O)(Cl)C1CCOCC1Cc1ccc(Cl)cc1Cl. The van der Waals surface area contributed by atoms with Crippen molar-refractivity contribution in [3.05, 3.63) is 33.8 Å². The van der Waals surface area contributed by atoms with Crippen molar-refractivity contribution in [1.82, 2.24) is 0 Å². The molecular weight excluding hydrogens is 331 g/mol. The Morgan fingerprint density at radius 3 is 2.68 bits per heavy atom. The lowest BCUT2D eigenvalue weighted by atomic mass is 9.93. The Labute approximate surface area is 127 Å². The van der Waals surface area contributed by atoms with Crippen LogP contribution in [-0.4, -0.2) is 26.9 Å². The summed E-state index contributed by atoms with van der Waals surface area (Å²) < 4.78 is 28.5. The molecule has 7 heteroatoms. The van der Waals surface area contributed by atoms with Gasteiger partial charge in [-0.2, -0.15) is 0 Å². The molecule has 0 amide bonds. The molecule has 1 aliphatic rings. The van der Waals surface area contributed by atoms with Gasteiger partial charge in [0.15, 0.2) is 0 Å². The van der Waals surface area contributed by atoms with E-state index in [4.69, 9.17) is 38.6 Å². The predicted molar refractivity (Wildman–Crippen MR) is 77.7 cm³/mol. The summed E-state index contributed by atoms with van der Waals surface area (Å²) in [5.74, 6) is -0.185. The van der Waals surface area contributed by atoms with Gasteiger partial charge in [0.2, 0.25) is 9.05 Å². The van der Waals surface area contributed by atoms with Gasteiger partial charge in [-0.05, 0) is 30.5 Å². The molecule has 0 aromatic heterocycles. The third-order valence-corrected chi connectivity index (χ3v) is 5.88. The minimum absolute atomic E-state index is 0.185. The maximum Gasteiger partial charge on any atom is 0.235 e. The van der Waals surface area contributed by atoms with Crippen molar-refractivity contribution in [2.24, 2.45) is 5.92 Å². The standard InChI is InChI=1S/C12H13Cl3O3S/c13-10-2-1-8(11(14)6-10)5-9-7-18-4-3-12(9)19(15,16)17/h1-2,6,9,12H,3-5,7H2. The summed E-state index contributed by atoms with van der Waals surface area (Å²) in [4.78, 5) is 0. The second-order valence-corrected chi connectivity index (χ2v) is 8.27. The Morgan fingerprint density at radius 2 is 2.05 bits per heavy atom. The highest BCUT2D eigenvalue weighted by Crippen LogP contribution is 2.30. The lowest BCUT2D eigenvalue weighted by Crippen LogP contribution is -2.37. The van der Waals surface area contributed by atoms with Crippen molar-refractivity contribution in [3.8, 4) is 0 Å². The van der Waals surface area contributed by atoms with Crippen LogP contribution in [0.4, 0.5) is 0 Å². The first-order chi connectivity index (χ1) is 8.88. The molecule has 2 unspecified atom stereocenters. The van der Waals surface area contributed by atoms with E-state index >= 15 is 0 Å². The molecular formula is C12H13Cl3O3S. The topological polar surface area (TPSA) is 43.4 Å². The van der Waals surface area contributed by atoms with Crippen LogP contribution in [0, 0.1) is 5.92 Å². The van der Waals surface area contributed by atoms with Gasteiger partial charge in [0.1, 0.15) is 0 Å². The van der Waals surface area contributed by atoms with Crippen LogP contribution in [0.25, 0.3) is 0 Å². The molecule has 0 spiro atoms. The van der Waals surface area contributed by atoms with E-state index in [0.29, 0.717) is 36.1 Å². The van der Waals surface area contributed by atoms with E-state index in [2.05, 4.69) is 0 Å². The van der Waals surface area contributed by atoms with Crippen LogP contribution in [0.2, 0.25) is 10.0 Å². The monoisotopic (exact) mass is 342 g/mol. The minimum Gasteiger partial charge on any atom is -0.381 e. The Kier molecular flexibility index (Phi) is 5.01. The highest BCUT2D eigenvalue weighted by Gasteiger charge is 2.35. The first-order valence-corrected chi connectivity index (χ1v) is 8.96. The average Bonchev–Trinajstić information content (AvgIpc) is 2.32. The molecule has 0 aliphatic carbocycles. The fourth-order valence-electron chi connectivity index (χ4n) is 2.31. The first-order valence-electron chi connectivity index (χ1n) is 5.83. The normalized spacial score (nSPS) is 24.4. The lowest BCUT2D eigenvalue weighted by Gasteiger charge is -2.29. The van der Waals surface area contributed by atoms with Crippen molar-refractivity contribution >= 4 is 42.9 Å². The molecule has 2 rings (SSSR count). The Balaban J connectivity index is 2.20. The first kappa shape index (κ1) is 15.4. The van der Waals surface area contributed by atoms with Crippen molar-refractivity contribution < 1.29 is 13.2 Å². The zero-order chi connectivity index (χ0) is 14.0. The van der Waals surface area contributed by atoms with Crippen molar-refractivity contribution in [2.45, 2.75) is 18.1 Å². The highest BCUT2D eigenvalue weighted by molar-refractivity contribution is 8.14. The van der Waals surface area contributed by atoms with Gasteiger partial charge in [0.25, 0.3) is 0 Å². The quantitative estimate of drug-likeness (QED) is 0.789. The number of rotatable bonds is 3. The van der Waals surface area contributed by atoms with Gasteiger partial charge < -0.3 is 4.74 Å². The molecule has 0 radical (unpaired) electrons. The number of benzene rings is 1. The molecule has 19 heavy (non-hydrogen) atoms. The number of ether oxygens (including phenoxy) is 1. The third-order valence-electron chi connectivity index (χ3n) is 3.26. The average molecular weight is 344 g/mol. The summed E-state index contributed by atoms with van der Waals surface area (Å²) in [7, 11) is 1.91. The molecule has 2 atom stereocenters. The molecule has 1 aromatic carbocycles. The molecule has 1 fully saturated rings. The molecule has 1 saturated heterocycles. The van der Waals surface area contributed by atoms with E-state index in [1.54, 1.807) is 18.2 Å². The maximum atomic E-state index is 11.6. The molecule has 0 N–H and O–H groups in total. The van der Waals surface area contributed by atoms with Gasteiger partial charge in [0.05, 0.1) is 11.9 Å². The molecule has 106 valence electrons. The molecule has 1 aliphatic heterocycles. The van der Waals surface area contributed by atoms with Crippen LogP contribution in [0.3, 0.4) is 0 Å². The van der Waals surface area contributed by atoms with Crippen LogP contribution in [0.15, 0.2) is 18.2 Å². The van der Waals surface area contributed by atoms with Gasteiger partial charge >= 0.3 is 0 Å². The third kappa shape index (κ3) is 3.99. The van der Waals surface area contributed by atoms with E-state index in [0.717, 1.165) is 5.56 Å². The van der Waals surface area contributed by atoms with E-state index < -0.39 is 14.3 Å². The Hall–Kier alpha value is -0.000000000000000111. The van der Waals surface area contributed by atoms with E-state index in [1.165, 1.54) is 0 Å². The predicted octanol–water partition coefficient (Wildman–Crippen LogP) is 3.51. The molecule has 3 nitrogen and oxygen atoms in total. The maximum absolute atomic E-state index is 11.6. The summed E-state index contributed by atoms with van der Waals surface area (Å²) in [5.41, 5.74) is 0.854. The van der Waals surface area contributed by atoms with Gasteiger partial charge in [0, 0.05) is 33.3 Å².